The molecule has 102 valence electrons. The molecular weight excluding hydrogens is 232 g/mol. The summed E-state index contributed by atoms with van der Waals surface area (Å²) >= 11 is 0. The molecule has 0 aromatic carbocycles. The highest BCUT2D eigenvalue weighted by molar-refractivity contribution is 5.81. The molecule has 2 atom stereocenters. The fraction of sp³-hybridized carbons (Fsp3) is 0.846. The van der Waals surface area contributed by atoms with E-state index in [-0.39, 0.29) is 24.7 Å². The SMILES string of the molecule is COC(=O)CCC(=O)N1CC[C@@H]2CC[C@H](C1)N2C. The molecule has 0 aromatic rings. The van der Waals surface area contributed by atoms with Gasteiger partial charge in [-0.05, 0) is 26.3 Å². The average Bonchev–Trinajstić information content (AvgIpc) is 2.60. The molecule has 5 heteroatoms. The first-order chi connectivity index (χ1) is 8.61. The van der Waals surface area contributed by atoms with Crippen LogP contribution in [-0.2, 0) is 14.3 Å². The van der Waals surface area contributed by atoms with Gasteiger partial charge in [0.2, 0.25) is 5.91 Å². The minimum absolute atomic E-state index is 0.0846. The number of carbonyl (C=O) groups excluding carboxylic acids is 2. The molecule has 0 unspecified atom stereocenters. The van der Waals surface area contributed by atoms with Gasteiger partial charge in [0.15, 0.2) is 0 Å². The van der Waals surface area contributed by atoms with Crippen molar-refractivity contribution in [3.63, 3.8) is 0 Å². The number of esters is 1. The fourth-order valence-corrected chi connectivity index (χ4v) is 3.00. The van der Waals surface area contributed by atoms with Crippen LogP contribution in [0.2, 0.25) is 0 Å². The number of amides is 1. The molecule has 0 aromatic heterocycles. The first-order valence-electron chi connectivity index (χ1n) is 6.68. The van der Waals surface area contributed by atoms with Gasteiger partial charge in [-0.2, -0.15) is 0 Å². The van der Waals surface area contributed by atoms with E-state index in [9.17, 15) is 9.59 Å². The smallest absolute Gasteiger partial charge is 0.306 e. The highest BCUT2D eigenvalue weighted by Crippen LogP contribution is 2.28. The van der Waals surface area contributed by atoms with Crippen molar-refractivity contribution in [2.75, 3.05) is 27.2 Å². The third-order valence-electron chi connectivity index (χ3n) is 4.27. The third-order valence-corrected chi connectivity index (χ3v) is 4.27. The van der Waals surface area contributed by atoms with Gasteiger partial charge >= 0.3 is 5.97 Å². The number of likely N-dealkylation sites (N-methyl/N-ethyl adjacent to an activating group) is 1. The van der Waals surface area contributed by atoms with Crippen LogP contribution >= 0.6 is 0 Å². The molecule has 18 heavy (non-hydrogen) atoms. The lowest BCUT2D eigenvalue weighted by Gasteiger charge is -2.25. The lowest BCUT2D eigenvalue weighted by atomic mass is 10.1. The summed E-state index contributed by atoms with van der Waals surface area (Å²) in [5.41, 5.74) is 0. The van der Waals surface area contributed by atoms with E-state index < -0.39 is 0 Å². The lowest BCUT2D eigenvalue weighted by molar-refractivity contribution is -0.143. The molecule has 2 heterocycles. The summed E-state index contributed by atoms with van der Waals surface area (Å²) in [6.45, 7) is 1.64. The Balaban J connectivity index is 1.86. The number of rotatable bonds is 3. The van der Waals surface area contributed by atoms with E-state index in [0.29, 0.717) is 12.1 Å². The van der Waals surface area contributed by atoms with Gasteiger partial charge in [-0.1, -0.05) is 0 Å². The summed E-state index contributed by atoms with van der Waals surface area (Å²) in [5, 5.41) is 0. The number of carbonyl (C=O) groups is 2. The molecule has 0 N–H and O–H groups in total. The van der Waals surface area contributed by atoms with E-state index in [4.69, 9.17) is 0 Å². The molecule has 2 aliphatic heterocycles. The van der Waals surface area contributed by atoms with E-state index in [0.717, 1.165) is 19.5 Å². The van der Waals surface area contributed by atoms with Crippen molar-refractivity contribution in [3.05, 3.63) is 0 Å². The van der Waals surface area contributed by atoms with Gasteiger partial charge in [0.25, 0.3) is 0 Å². The zero-order valence-electron chi connectivity index (χ0n) is 11.2. The molecule has 2 bridgehead atoms. The largest absolute Gasteiger partial charge is 0.469 e. The van der Waals surface area contributed by atoms with Gasteiger partial charge in [-0.25, -0.2) is 0 Å². The summed E-state index contributed by atoms with van der Waals surface area (Å²) in [6, 6.07) is 1.13. The predicted octanol–water partition coefficient (Wildman–Crippen LogP) is 0.635. The molecule has 0 spiro atoms. The Kier molecular flexibility index (Phi) is 4.22. The Hall–Kier alpha value is -1.10. The van der Waals surface area contributed by atoms with E-state index in [1.165, 1.54) is 20.0 Å². The van der Waals surface area contributed by atoms with Crippen molar-refractivity contribution in [1.82, 2.24) is 9.80 Å². The van der Waals surface area contributed by atoms with Crippen LogP contribution in [0.3, 0.4) is 0 Å². The molecule has 2 saturated heterocycles. The number of ether oxygens (including phenoxy) is 1. The van der Waals surface area contributed by atoms with Gasteiger partial charge in [-0.3, -0.25) is 14.5 Å². The number of nitrogens with zero attached hydrogens (tertiary/aromatic N) is 2. The van der Waals surface area contributed by atoms with Crippen LogP contribution in [0.5, 0.6) is 0 Å². The first-order valence-corrected chi connectivity index (χ1v) is 6.68. The third kappa shape index (κ3) is 2.83. The topological polar surface area (TPSA) is 49.9 Å². The van der Waals surface area contributed by atoms with Crippen LogP contribution in [0, 0.1) is 0 Å². The normalized spacial score (nSPS) is 28.0. The van der Waals surface area contributed by atoms with Crippen LogP contribution < -0.4 is 0 Å². The second-order valence-electron chi connectivity index (χ2n) is 5.26. The van der Waals surface area contributed by atoms with Crippen LogP contribution in [0.25, 0.3) is 0 Å². The zero-order valence-corrected chi connectivity index (χ0v) is 11.2. The quantitative estimate of drug-likeness (QED) is 0.693. The number of hydrogen-bond acceptors (Lipinski definition) is 4. The van der Waals surface area contributed by atoms with Crippen molar-refractivity contribution in [2.45, 2.75) is 44.2 Å². The van der Waals surface area contributed by atoms with Crippen LogP contribution in [0.15, 0.2) is 0 Å². The Labute approximate surface area is 108 Å². The maximum Gasteiger partial charge on any atom is 0.306 e. The molecule has 5 nitrogen and oxygen atoms in total. The summed E-state index contributed by atoms with van der Waals surface area (Å²) in [7, 11) is 3.51. The van der Waals surface area contributed by atoms with Crippen molar-refractivity contribution in [3.8, 4) is 0 Å². The lowest BCUT2D eigenvalue weighted by Crippen LogP contribution is -2.39. The van der Waals surface area contributed by atoms with Crippen LogP contribution in [0.1, 0.15) is 32.1 Å². The summed E-state index contributed by atoms with van der Waals surface area (Å²) in [5.74, 6) is -0.224. The molecule has 0 radical (unpaired) electrons. The van der Waals surface area contributed by atoms with E-state index in [1.54, 1.807) is 0 Å². The summed E-state index contributed by atoms with van der Waals surface area (Å²) < 4.78 is 4.56. The van der Waals surface area contributed by atoms with Crippen molar-refractivity contribution >= 4 is 11.9 Å². The fourth-order valence-electron chi connectivity index (χ4n) is 3.00. The van der Waals surface area contributed by atoms with Crippen LogP contribution in [0.4, 0.5) is 0 Å². The van der Waals surface area contributed by atoms with Crippen LogP contribution in [-0.4, -0.2) is 61.0 Å². The van der Waals surface area contributed by atoms with E-state index in [2.05, 4.69) is 16.7 Å². The number of likely N-dealkylation sites (tertiary alicyclic amines) is 1. The Morgan fingerprint density at radius 2 is 1.89 bits per heavy atom. The minimum atomic E-state index is -0.309. The van der Waals surface area contributed by atoms with Gasteiger partial charge in [0.05, 0.1) is 13.5 Å². The maximum absolute atomic E-state index is 12.1. The molecule has 0 saturated carbocycles. The second-order valence-corrected chi connectivity index (χ2v) is 5.26. The predicted molar refractivity (Wildman–Crippen MR) is 67.0 cm³/mol. The second kappa shape index (κ2) is 5.69. The molecule has 2 aliphatic rings. The Bertz CT molecular complexity index is 332. The van der Waals surface area contributed by atoms with E-state index >= 15 is 0 Å². The number of hydrogen-bond donors (Lipinski definition) is 0. The molecule has 2 fully saturated rings. The summed E-state index contributed by atoms with van der Waals surface area (Å²) in [6.07, 6.45) is 3.95. The average molecular weight is 254 g/mol. The molecule has 1 amide bonds. The number of fused-ring (bicyclic) bond motifs is 2. The van der Waals surface area contributed by atoms with Gasteiger partial charge < -0.3 is 9.64 Å². The molecule has 0 aliphatic carbocycles. The van der Waals surface area contributed by atoms with E-state index in [1.807, 2.05) is 4.90 Å². The Morgan fingerprint density at radius 1 is 1.17 bits per heavy atom. The van der Waals surface area contributed by atoms with Crippen molar-refractivity contribution < 1.29 is 14.3 Å². The molecule has 2 rings (SSSR count). The van der Waals surface area contributed by atoms with Gasteiger partial charge in [0, 0.05) is 31.6 Å². The highest BCUT2D eigenvalue weighted by atomic mass is 16.5. The maximum atomic E-state index is 12.1. The standard InChI is InChI=1S/C13H22N2O3/c1-14-10-3-4-11(14)9-15(8-7-10)12(16)5-6-13(17)18-2/h10-11H,3-9H2,1-2H3/t10-,11+/m0/s1. The summed E-state index contributed by atoms with van der Waals surface area (Å²) in [4.78, 5) is 27.4. The highest BCUT2D eigenvalue weighted by Gasteiger charge is 2.35. The van der Waals surface area contributed by atoms with Crippen molar-refractivity contribution in [2.24, 2.45) is 0 Å². The first kappa shape index (κ1) is 13.3. The zero-order chi connectivity index (χ0) is 13.1. The minimum Gasteiger partial charge on any atom is -0.469 e. The van der Waals surface area contributed by atoms with Gasteiger partial charge in [0.1, 0.15) is 0 Å². The van der Waals surface area contributed by atoms with Crippen molar-refractivity contribution in [1.29, 1.82) is 0 Å². The number of methoxy groups -OCH3 is 1. The monoisotopic (exact) mass is 254 g/mol. The van der Waals surface area contributed by atoms with Gasteiger partial charge in [-0.15, -0.1) is 0 Å². The Morgan fingerprint density at radius 3 is 2.61 bits per heavy atom. The molecular formula is C13H22N2O3.